The number of aromatic nitrogens is 1. The van der Waals surface area contributed by atoms with Crippen LogP contribution in [0.15, 0.2) is 35.3 Å². The maximum atomic E-state index is 12.4. The van der Waals surface area contributed by atoms with Crippen LogP contribution in [0.5, 0.6) is 5.75 Å². The number of fused-ring (bicyclic) bond motifs is 7. The Morgan fingerprint density at radius 2 is 2.14 bits per heavy atom. The zero-order valence-corrected chi connectivity index (χ0v) is 15.6. The molecule has 2 N–H and O–H groups in total. The summed E-state index contributed by atoms with van der Waals surface area (Å²) in [5.74, 6) is -0.795. The van der Waals surface area contributed by atoms with E-state index in [1.165, 1.54) is 19.3 Å². The van der Waals surface area contributed by atoms with Gasteiger partial charge in [-0.05, 0) is 40.8 Å². The quantitative estimate of drug-likeness (QED) is 0.808. The number of benzene rings is 1. The molecular weight excluding hydrogens is 376 g/mol. The molecule has 2 atom stereocenters. The third-order valence-electron chi connectivity index (χ3n) is 5.80. The molecule has 1 fully saturated rings. The molecule has 0 saturated carbocycles. The van der Waals surface area contributed by atoms with Crippen molar-refractivity contribution < 1.29 is 24.2 Å². The van der Waals surface area contributed by atoms with Crippen molar-refractivity contribution in [1.29, 1.82) is 0 Å². The van der Waals surface area contributed by atoms with E-state index in [4.69, 9.17) is 9.47 Å². The van der Waals surface area contributed by atoms with Crippen LogP contribution in [0.2, 0.25) is 0 Å². The van der Waals surface area contributed by atoms with Gasteiger partial charge < -0.3 is 24.5 Å². The Morgan fingerprint density at radius 3 is 2.90 bits per heavy atom. The van der Waals surface area contributed by atoms with Gasteiger partial charge in [-0.3, -0.25) is 4.79 Å². The minimum absolute atomic E-state index is 0.0600. The van der Waals surface area contributed by atoms with E-state index in [0.717, 1.165) is 34.4 Å². The van der Waals surface area contributed by atoms with Gasteiger partial charge in [-0.25, -0.2) is 9.59 Å². The number of nitrogens with zero attached hydrogens (tertiary/aromatic N) is 1. The zero-order chi connectivity index (χ0) is 20.3. The van der Waals surface area contributed by atoms with Crippen LogP contribution in [0.4, 0.5) is 4.79 Å². The SMILES string of the molecule is CNC(=O)Oc1ccc2c(c1)CC1=C2[C@H]2OCC[C@H]2n2cc(C(=O)O)c(=O)cc21. The fraction of sp³-hybridized carbons (Fsp3) is 0.286. The molecule has 1 saturated heterocycles. The van der Waals surface area contributed by atoms with Gasteiger partial charge in [0.05, 0.1) is 6.04 Å². The number of rotatable bonds is 2. The molecule has 8 heteroatoms. The summed E-state index contributed by atoms with van der Waals surface area (Å²) >= 11 is 0. The van der Waals surface area contributed by atoms with Crippen LogP contribution in [0.3, 0.4) is 0 Å². The molecule has 2 aliphatic heterocycles. The first-order valence-corrected chi connectivity index (χ1v) is 9.35. The zero-order valence-electron chi connectivity index (χ0n) is 15.6. The Bertz CT molecular complexity index is 1160. The lowest BCUT2D eigenvalue weighted by Gasteiger charge is -2.32. The summed E-state index contributed by atoms with van der Waals surface area (Å²) in [6.45, 7) is 0.563. The molecule has 1 aromatic heterocycles. The molecule has 0 unspecified atom stereocenters. The molecule has 1 aliphatic carbocycles. The Labute approximate surface area is 165 Å². The first-order valence-electron chi connectivity index (χ1n) is 9.35. The molecule has 3 aliphatic rings. The maximum Gasteiger partial charge on any atom is 0.412 e. The molecule has 0 bridgehead atoms. The van der Waals surface area contributed by atoms with Crippen molar-refractivity contribution in [2.45, 2.75) is 25.0 Å². The lowest BCUT2D eigenvalue weighted by molar-refractivity contribution is 0.0693. The van der Waals surface area contributed by atoms with Crippen molar-refractivity contribution in [2.24, 2.45) is 0 Å². The highest BCUT2D eigenvalue weighted by molar-refractivity contribution is 6.00. The van der Waals surface area contributed by atoms with E-state index in [1.54, 1.807) is 6.07 Å². The standard InChI is InChI=1S/C21H18N2O6/c1-22-21(27)29-11-2-3-12-10(6-11)7-13-16-8-17(24)14(20(25)26)9-23(16)15-4-5-28-19(15)18(12)13/h2-3,6,8-9,15,19H,4-5,7H2,1H3,(H,22,27)(H,25,26)/t15-,19+/m1/s1. The van der Waals surface area contributed by atoms with Gasteiger partial charge in [0, 0.05) is 38.0 Å². The normalized spacial score (nSPS) is 21.1. The van der Waals surface area contributed by atoms with Crippen molar-refractivity contribution in [3.8, 4) is 5.75 Å². The summed E-state index contributed by atoms with van der Waals surface area (Å²) < 4.78 is 13.2. The number of hydrogen-bond donors (Lipinski definition) is 2. The van der Waals surface area contributed by atoms with Crippen molar-refractivity contribution in [3.63, 3.8) is 0 Å². The van der Waals surface area contributed by atoms with Gasteiger partial charge in [0.15, 0.2) is 5.43 Å². The van der Waals surface area contributed by atoms with E-state index in [-0.39, 0.29) is 17.7 Å². The average molecular weight is 394 g/mol. The Morgan fingerprint density at radius 1 is 1.31 bits per heavy atom. The van der Waals surface area contributed by atoms with Gasteiger partial charge >= 0.3 is 12.1 Å². The fourth-order valence-electron chi connectivity index (χ4n) is 4.57. The van der Waals surface area contributed by atoms with Crippen molar-refractivity contribution in [2.75, 3.05) is 13.7 Å². The predicted molar refractivity (Wildman–Crippen MR) is 103 cm³/mol. The summed E-state index contributed by atoms with van der Waals surface area (Å²) in [4.78, 5) is 35.4. The molecular formula is C21H18N2O6. The summed E-state index contributed by atoms with van der Waals surface area (Å²) in [7, 11) is 1.49. The van der Waals surface area contributed by atoms with Crippen molar-refractivity contribution in [1.82, 2.24) is 9.88 Å². The van der Waals surface area contributed by atoms with Crippen LogP contribution in [0, 0.1) is 0 Å². The summed E-state index contributed by atoms with van der Waals surface area (Å²) in [5, 5.41) is 11.8. The first kappa shape index (κ1) is 17.7. The second-order valence-corrected chi connectivity index (χ2v) is 7.32. The van der Waals surface area contributed by atoms with Gasteiger partial charge in [0.25, 0.3) is 0 Å². The lowest BCUT2D eigenvalue weighted by atomic mass is 9.89. The van der Waals surface area contributed by atoms with Crippen LogP contribution in [0.25, 0.3) is 11.1 Å². The Balaban J connectivity index is 1.64. The smallest absolute Gasteiger partial charge is 0.412 e. The molecule has 8 nitrogen and oxygen atoms in total. The molecule has 2 aromatic rings. The van der Waals surface area contributed by atoms with Gasteiger partial charge in [0.2, 0.25) is 0 Å². The molecule has 0 radical (unpaired) electrons. The van der Waals surface area contributed by atoms with Crippen molar-refractivity contribution in [3.05, 3.63) is 63.1 Å². The van der Waals surface area contributed by atoms with Gasteiger partial charge in [-0.1, -0.05) is 6.07 Å². The van der Waals surface area contributed by atoms with E-state index >= 15 is 0 Å². The third kappa shape index (κ3) is 2.60. The van der Waals surface area contributed by atoms with Crippen LogP contribution in [-0.2, 0) is 11.2 Å². The fourth-order valence-corrected chi connectivity index (χ4v) is 4.57. The molecule has 0 spiro atoms. The van der Waals surface area contributed by atoms with Crippen LogP contribution >= 0.6 is 0 Å². The Kier molecular flexibility index (Phi) is 3.85. The largest absolute Gasteiger partial charge is 0.477 e. The minimum atomic E-state index is -1.23. The second-order valence-electron chi connectivity index (χ2n) is 7.32. The van der Waals surface area contributed by atoms with E-state index in [9.17, 15) is 19.5 Å². The minimum Gasteiger partial charge on any atom is -0.477 e. The average Bonchev–Trinajstić information content (AvgIpc) is 3.31. The number of nitrogens with one attached hydrogen (secondary N) is 1. The first-order chi connectivity index (χ1) is 14.0. The molecule has 148 valence electrons. The molecule has 1 aromatic carbocycles. The van der Waals surface area contributed by atoms with Gasteiger partial charge in [0.1, 0.15) is 17.4 Å². The van der Waals surface area contributed by atoms with Crippen molar-refractivity contribution >= 4 is 23.2 Å². The highest BCUT2D eigenvalue weighted by Crippen LogP contribution is 2.50. The van der Waals surface area contributed by atoms with E-state index < -0.39 is 17.5 Å². The van der Waals surface area contributed by atoms with E-state index in [2.05, 4.69) is 5.32 Å². The van der Waals surface area contributed by atoms with Crippen LogP contribution < -0.4 is 15.5 Å². The van der Waals surface area contributed by atoms with E-state index in [1.807, 2.05) is 16.7 Å². The number of pyridine rings is 1. The number of aromatic carboxylic acids is 1. The van der Waals surface area contributed by atoms with Crippen LogP contribution in [0.1, 0.15) is 39.6 Å². The molecule has 3 heterocycles. The second kappa shape index (κ2) is 6.31. The number of carboxylic acids is 1. The number of carboxylic acid groups (broad SMARTS) is 1. The van der Waals surface area contributed by atoms with Gasteiger partial charge in [-0.2, -0.15) is 0 Å². The molecule has 29 heavy (non-hydrogen) atoms. The number of hydrogen-bond acceptors (Lipinski definition) is 5. The molecule has 1 amide bonds. The monoisotopic (exact) mass is 394 g/mol. The summed E-state index contributed by atoms with van der Waals surface area (Å²) in [6, 6.07) is 6.83. The number of carbonyl (C=O) groups excluding carboxylic acids is 1. The number of allylic oxidation sites excluding steroid dienone is 1. The van der Waals surface area contributed by atoms with Crippen LogP contribution in [-0.4, -0.2) is 41.5 Å². The predicted octanol–water partition coefficient (Wildman–Crippen LogP) is 2.08. The molecule has 5 rings (SSSR count). The summed E-state index contributed by atoms with van der Waals surface area (Å²) in [6.07, 6.45) is 1.99. The number of carbonyl (C=O) groups is 2. The van der Waals surface area contributed by atoms with Gasteiger partial charge in [-0.15, -0.1) is 0 Å². The maximum absolute atomic E-state index is 12.4. The number of amides is 1. The Hall–Kier alpha value is -3.39. The highest BCUT2D eigenvalue weighted by Gasteiger charge is 2.43. The highest BCUT2D eigenvalue weighted by atomic mass is 16.6. The lowest BCUT2D eigenvalue weighted by Crippen LogP contribution is -2.31. The van der Waals surface area contributed by atoms with E-state index in [0.29, 0.717) is 18.8 Å². The third-order valence-corrected chi connectivity index (χ3v) is 5.80. The number of ether oxygens (including phenoxy) is 2. The summed E-state index contributed by atoms with van der Waals surface area (Å²) in [5.41, 5.74) is 3.97. The topological polar surface area (TPSA) is 107 Å².